The van der Waals surface area contributed by atoms with Crippen molar-refractivity contribution in [3.63, 3.8) is 0 Å². The van der Waals surface area contributed by atoms with Crippen molar-refractivity contribution in [1.82, 2.24) is 15.8 Å². The van der Waals surface area contributed by atoms with Crippen molar-refractivity contribution in [2.75, 3.05) is 19.6 Å². The number of hydrogen-bond donors (Lipinski definition) is 2. The van der Waals surface area contributed by atoms with Gasteiger partial charge < -0.3 is 9.64 Å². The number of ether oxygens (including phenoxy) is 1. The van der Waals surface area contributed by atoms with Gasteiger partial charge in [0.15, 0.2) is 0 Å². The molecule has 4 rings (SSSR count). The summed E-state index contributed by atoms with van der Waals surface area (Å²) in [5, 5.41) is 0. The molecular weight excluding hydrogens is 302 g/mol. The first-order chi connectivity index (χ1) is 11.7. The second-order valence-electron chi connectivity index (χ2n) is 7.44. The molecule has 0 spiro atoms. The lowest BCUT2D eigenvalue weighted by atomic mass is 9.77. The maximum atomic E-state index is 13.2. The maximum Gasteiger partial charge on any atom is 0.227 e. The van der Waals surface area contributed by atoms with Crippen LogP contribution in [0.4, 0.5) is 0 Å². The van der Waals surface area contributed by atoms with Gasteiger partial charge in [0.2, 0.25) is 5.91 Å². The van der Waals surface area contributed by atoms with Crippen LogP contribution in [-0.2, 0) is 9.53 Å². The number of rotatable bonds is 2. The molecule has 2 aliphatic heterocycles. The summed E-state index contributed by atoms with van der Waals surface area (Å²) in [6.45, 7) is 4.41. The number of hydrazine groups is 1. The van der Waals surface area contributed by atoms with E-state index in [9.17, 15) is 4.79 Å². The molecule has 2 heterocycles. The van der Waals surface area contributed by atoms with Gasteiger partial charge in [0.25, 0.3) is 0 Å². The Labute approximate surface area is 143 Å². The van der Waals surface area contributed by atoms with Gasteiger partial charge in [0.1, 0.15) is 6.10 Å². The highest BCUT2D eigenvalue weighted by molar-refractivity contribution is 5.80. The molecule has 5 unspecified atom stereocenters. The number of hydrogen-bond acceptors (Lipinski definition) is 4. The molecule has 1 aliphatic carbocycles. The highest BCUT2D eigenvalue weighted by Gasteiger charge is 2.43. The monoisotopic (exact) mass is 329 g/mol. The third-order valence-electron chi connectivity index (χ3n) is 5.72. The normalized spacial score (nSPS) is 36.4. The molecule has 2 saturated heterocycles. The van der Waals surface area contributed by atoms with Gasteiger partial charge in [0, 0.05) is 19.1 Å². The summed E-state index contributed by atoms with van der Waals surface area (Å²) in [7, 11) is 0. The first-order valence-corrected chi connectivity index (χ1v) is 9.20. The molecule has 24 heavy (non-hydrogen) atoms. The third kappa shape index (κ3) is 3.08. The molecule has 1 aromatic carbocycles. The lowest BCUT2D eigenvalue weighted by Crippen LogP contribution is -2.53. The van der Waals surface area contributed by atoms with Crippen molar-refractivity contribution in [2.45, 2.75) is 44.4 Å². The van der Waals surface area contributed by atoms with Crippen LogP contribution in [-0.4, -0.2) is 42.6 Å². The summed E-state index contributed by atoms with van der Waals surface area (Å²) < 4.78 is 6.10. The van der Waals surface area contributed by atoms with Crippen LogP contribution in [0.5, 0.6) is 0 Å². The molecule has 0 bridgehead atoms. The Morgan fingerprint density at radius 1 is 1.21 bits per heavy atom. The second kappa shape index (κ2) is 6.82. The fourth-order valence-electron chi connectivity index (χ4n) is 4.54. The molecule has 1 saturated carbocycles. The van der Waals surface area contributed by atoms with E-state index in [1.54, 1.807) is 0 Å². The topological polar surface area (TPSA) is 53.6 Å². The lowest BCUT2D eigenvalue weighted by molar-refractivity contribution is -0.151. The third-order valence-corrected chi connectivity index (χ3v) is 5.72. The first kappa shape index (κ1) is 16.1. The van der Waals surface area contributed by atoms with E-state index in [2.05, 4.69) is 29.9 Å². The van der Waals surface area contributed by atoms with Crippen LogP contribution in [0.25, 0.3) is 0 Å². The van der Waals surface area contributed by atoms with Gasteiger partial charge in [-0.15, -0.1) is 0 Å². The second-order valence-corrected chi connectivity index (χ2v) is 7.44. The molecule has 0 aromatic heterocycles. The predicted octanol–water partition coefficient (Wildman–Crippen LogP) is 1.87. The molecule has 0 radical (unpaired) electrons. The zero-order chi connectivity index (χ0) is 16.5. The molecule has 2 N–H and O–H groups in total. The molecule has 5 nitrogen and oxygen atoms in total. The van der Waals surface area contributed by atoms with Crippen LogP contribution < -0.4 is 10.9 Å². The van der Waals surface area contributed by atoms with E-state index in [-0.39, 0.29) is 18.1 Å². The summed E-state index contributed by atoms with van der Waals surface area (Å²) in [4.78, 5) is 15.3. The lowest BCUT2D eigenvalue weighted by Gasteiger charge is -2.41. The summed E-state index contributed by atoms with van der Waals surface area (Å²) in [6, 6.07) is 10.5. The Morgan fingerprint density at radius 2 is 2.04 bits per heavy atom. The molecule has 5 atom stereocenters. The Kier molecular flexibility index (Phi) is 4.57. The highest BCUT2D eigenvalue weighted by atomic mass is 16.5. The van der Waals surface area contributed by atoms with E-state index in [0.717, 1.165) is 24.9 Å². The van der Waals surface area contributed by atoms with Crippen LogP contribution in [0.2, 0.25) is 0 Å². The smallest absolute Gasteiger partial charge is 0.227 e. The van der Waals surface area contributed by atoms with Gasteiger partial charge in [-0.05, 0) is 31.2 Å². The summed E-state index contributed by atoms with van der Waals surface area (Å²) in [5.41, 5.74) is 7.76. The van der Waals surface area contributed by atoms with Crippen molar-refractivity contribution in [1.29, 1.82) is 0 Å². The van der Waals surface area contributed by atoms with Crippen LogP contribution in [0.15, 0.2) is 30.3 Å². The van der Waals surface area contributed by atoms with Gasteiger partial charge in [0.05, 0.1) is 18.6 Å². The van der Waals surface area contributed by atoms with E-state index in [4.69, 9.17) is 4.74 Å². The maximum absolute atomic E-state index is 13.2. The Balaban J connectivity index is 1.49. The largest absolute Gasteiger partial charge is 0.367 e. The number of carbonyl (C=O) groups is 1. The van der Waals surface area contributed by atoms with Crippen LogP contribution in [0.1, 0.15) is 37.9 Å². The Hall–Kier alpha value is -1.43. The van der Waals surface area contributed by atoms with E-state index in [0.29, 0.717) is 31.0 Å². The Morgan fingerprint density at radius 3 is 2.88 bits per heavy atom. The van der Waals surface area contributed by atoms with Crippen LogP contribution in [0.3, 0.4) is 0 Å². The molecule has 130 valence electrons. The molecule has 3 fully saturated rings. The number of carbonyl (C=O) groups excluding carboxylic acids is 1. The fourth-order valence-corrected chi connectivity index (χ4v) is 4.54. The van der Waals surface area contributed by atoms with Crippen LogP contribution >= 0.6 is 0 Å². The first-order valence-electron chi connectivity index (χ1n) is 9.20. The van der Waals surface area contributed by atoms with Crippen LogP contribution in [0, 0.1) is 11.8 Å². The van der Waals surface area contributed by atoms with Gasteiger partial charge in [-0.25, -0.2) is 0 Å². The van der Waals surface area contributed by atoms with Crippen molar-refractivity contribution in [3.05, 3.63) is 35.9 Å². The molecule has 5 heteroatoms. The highest BCUT2D eigenvalue weighted by Crippen LogP contribution is 2.34. The minimum Gasteiger partial charge on any atom is -0.367 e. The molecular formula is C19H27N3O2. The average Bonchev–Trinajstić information content (AvgIpc) is 3.10. The number of nitrogens with zero attached hydrogens (tertiary/aromatic N) is 1. The zero-order valence-electron chi connectivity index (χ0n) is 14.3. The van der Waals surface area contributed by atoms with Gasteiger partial charge in [-0.3, -0.25) is 15.6 Å². The molecule has 1 aromatic rings. The number of amides is 1. The van der Waals surface area contributed by atoms with Crippen molar-refractivity contribution in [3.8, 4) is 0 Å². The van der Waals surface area contributed by atoms with Gasteiger partial charge >= 0.3 is 0 Å². The van der Waals surface area contributed by atoms with E-state index < -0.39 is 0 Å². The Bertz CT molecular complexity index is 579. The van der Waals surface area contributed by atoms with Crippen molar-refractivity contribution < 1.29 is 9.53 Å². The predicted molar refractivity (Wildman–Crippen MR) is 92.1 cm³/mol. The fraction of sp³-hybridized carbons (Fsp3) is 0.632. The van der Waals surface area contributed by atoms with Crippen molar-refractivity contribution in [2.24, 2.45) is 11.8 Å². The summed E-state index contributed by atoms with van der Waals surface area (Å²) in [6.07, 6.45) is 3.43. The van der Waals surface area contributed by atoms with Gasteiger partial charge in [-0.2, -0.15) is 0 Å². The number of nitrogens with one attached hydrogen (secondary N) is 2. The van der Waals surface area contributed by atoms with E-state index in [1.807, 2.05) is 23.1 Å². The number of benzene rings is 1. The molecule has 3 aliphatic rings. The van der Waals surface area contributed by atoms with Gasteiger partial charge in [-0.1, -0.05) is 36.8 Å². The quantitative estimate of drug-likeness (QED) is 0.870. The average molecular weight is 329 g/mol. The van der Waals surface area contributed by atoms with E-state index >= 15 is 0 Å². The SMILES string of the molecule is CC1CN(C(=O)C2CCCC3CNNC32)CC(c2ccccc2)O1. The number of fused-ring (bicyclic) bond motifs is 1. The number of morpholine rings is 1. The zero-order valence-corrected chi connectivity index (χ0v) is 14.3. The van der Waals surface area contributed by atoms with Crippen molar-refractivity contribution >= 4 is 5.91 Å². The summed E-state index contributed by atoms with van der Waals surface area (Å²) >= 11 is 0. The van der Waals surface area contributed by atoms with E-state index in [1.165, 1.54) is 6.42 Å². The summed E-state index contributed by atoms with van der Waals surface area (Å²) in [5.74, 6) is 0.994. The minimum absolute atomic E-state index is 0.0204. The molecule has 1 amide bonds. The standard InChI is InChI=1S/C19H27N3O2/c1-13-11-22(12-17(24-13)14-6-3-2-4-7-14)19(23)16-9-5-8-15-10-20-21-18(15)16/h2-4,6-7,13,15-18,20-21H,5,8-12H2,1H3. The minimum atomic E-state index is -0.0204.